The maximum Gasteiger partial charge on any atom is 0.303 e. The first kappa shape index (κ1) is 43.2. The van der Waals surface area contributed by atoms with Gasteiger partial charge in [0, 0.05) is 32.0 Å². The summed E-state index contributed by atoms with van der Waals surface area (Å²) in [4.78, 5) is 26.3. The second-order valence-electron chi connectivity index (χ2n) is 15.0. The van der Waals surface area contributed by atoms with Gasteiger partial charge in [0.1, 0.15) is 0 Å². The van der Waals surface area contributed by atoms with Crippen LogP contribution in [-0.2, 0) is 37.0 Å². The number of nitrogens with one attached hydrogen (secondary N) is 1. The van der Waals surface area contributed by atoms with Crippen molar-refractivity contribution in [2.24, 2.45) is 0 Å². The van der Waals surface area contributed by atoms with Crippen LogP contribution in [0.4, 0.5) is 0 Å². The van der Waals surface area contributed by atoms with E-state index in [1.807, 2.05) is 24.3 Å². The Bertz CT molecular complexity index is 1490. The average molecular weight is 743 g/mol. The smallest absolute Gasteiger partial charge is 0.303 e. The summed E-state index contributed by atoms with van der Waals surface area (Å²) in [7, 11) is 0. The molecule has 0 aromatic heterocycles. The molecule has 0 bridgehead atoms. The molecule has 0 spiro atoms. The van der Waals surface area contributed by atoms with Crippen molar-refractivity contribution in [2.45, 2.75) is 149 Å². The molecule has 1 aliphatic heterocycles. The lowest BCUT2D eigenvalue weighted by atomic mass is 9.98. The molecule has 296 valence electrons. The fourth-order valence-corrected chi connectivity index (χ4v) is 7.18. The minimum atomic E-state index is -0.842. The number of carbonyl (C=O) groups is 2. The summed E-state index contributed by atoms with van der Waals surface area (Å²) >= 11 is 0. The lowest BCUT2D eigenvalue weighted by molar-refractivity contribution is -0.253. The van der Waals surface area contributed by atoms with Crippen molar-refractivity contribution >= 4 is 11.9 Å². The number of hydrogen-bond donors (Lipinski definition) is 2. The second-order valence-corrected chi connectivity index (χ2v) is 15.0. The quantitative estimate of drug-likeness (QED) is 0.0697. The molecule has 0 unspecified atom stereocenters. The third kappa shape index (κ3) is 14.9. The Morgan fingerprint density at radius 3 is 2.00 bits per heavy atom. The number of amides is 1. The van der Waals surface area contributed by atoms with E-state index in [0.29, 0.717) is 6.54 Å². The van der Waals surface area contributed by atoms with Gasteiger partial charge in [-0.15, -0.1) is 0 Å². The van der Waals surface area contributed by atoms with Gasteiger partial charge in [0.05, 0.1) is 18.8 Å². The van der Waals surface area contributed by atoms with Gasteiger partial charge in [-0.05, 0) is 66.7 Å². The van der Waals surface area contributed by atoms with Gasteiger partial charge in [-0.25, -0.2) is 0 Å². The summed E-state index contributed by atoms with van der Waals surface area (Å²) < 4.78 is 18.5. The zero-order valence-electron chi connectivity index (χ0n) is 33.4. The van der Waals surface area contributed by atoms with Crippen molar-refractivity contribution in [1.29, 1.82) is 0 Å². The number of rotatable bonds is 24. The molecule has 8 heteroatoms. The molecule has 1 heterocycles. The number of hydrogen-bond acceptors (Lipinski definition) is 7. The molecule has 2 N–H and O–H groups in total. The van der Waals surface area contributed by atoms with E-state index in [4.69, 9.17) is 14.2 Å². The minimum Gasteiger partial charge on any atom is -0.453 e. The summed E-state index contributed by atoms with van der Waals surface area (Å²) in [5.41, 5.74) is 6.00. The highest BCUT2D eigenvalue weighted by Crippen LogP contribution is 2.39. The summed E-state index contributed by atoms with van der Waals surface area (Å²) in [5, 5.41) is 12.5. The lowest BCUT2D eigenvalue weighted by Gasteiger charge is -2.38. The first-order chi connectivity index (χ1) is 26.3. The molecular weight excluding hydrogens is 677 g/mol. The molecule has 1 aliphatic rings. The normalized spacial score (nSPS) is 17.7. The van der Waals surface area contributed by atoms with Crippen LogP contribution >= 0.6 is 0 Å². The van der Waals surface area contributed by atoms with Crippen LogP contribution in [0.5, 0.6) is 0 Å². The van der Waals surface area contributed by atoms with Crippen LogP contribution in [0, 0.1) is 0 Å². The fraction of sp³-hybridized carbons (Fsp3) is 0.565. The van der Waals surface area contributed by atoms with Gasteiger partial charge in [0.2, 0.25) is 0 Å². The first-order valence-corrected chi connectivity index (χ1v) is 20.7. The zero-order chi connectivity index (χ0) is 38.5. The van der Waals surface area contributed by atoms with Crippen LogP contribution in [0.1, 0.15) is 146 Å². The van der Waals surface area contributed by atoms with E-state index >= 15 is 0 Å². The number of ether oxygens (including phenoxy) is 3. The SMILES string of the molecule is CCCCCCCCN(CCCCCCCC)C[C@H]1C[C@@H](c2ccc(CO)cc2)O[C@@H](c2ccc(-c3cccc(CNC(=O)[C@H](C)OC(C)=O)c3)cc2)O1. The summed E-state index contributed by atoms with van der Waals surface area (Å²) in [5.74, 6) is -0.815. The van der Waals surface area contributed by atoms with E-state index in [1.165, 1.54) is 84.0 Å². The molecule has 3 aromatic carbocycles. The van der Waals surface area contributed by atoms with Crippen molar-refractivity contribution in [1.82, 2.24) is 10.2 Å². The molecule has 4 rings (SSSR count). The highest BCUT2D eigenvalue weighted by Gasteiger charge is 2.33. The van der Waals surface area contributed by atoms with Gasteiger partial charge < -0.3 is 29.5 Å². The lowest BCUT2D eigenvalue weighted by Crippen LogP contribution is -2.40. The van der Waals surface area contributed by atoms with Crippen LogP contribution in [0.15, 0.2) is 72.8 Å². The van der Waals surface area contributed by atoms with Gasteiger partial charge in [-0.2, -0.15) is 0 Å². The van der Waals surface area contributed by atoms with E-state index in [0.717, 1.165) is 59.4 Å². The molecule has 4 atom stereocenters. The fourth-order valence-electron chi connectivity index (χ4n) is 7.18. The molecule has 1 saturated heterocycles. The molecule has 0 aliphatic carbocycles. The van der Waals surface area contributed by atoms with E-state index < -0.39 is 18.4 Å². The summed E-state index contributed by atoms with van der Waals surface area (Å²) in [6.07, 6.45) is 14.8. The van der Waals surface area contributed by atoms with Crippen LogP contribution in [-0.4, -0.2) is 53.7 Å². The maximum atomic E-state index is 12.4. The molecule has 0 saturated carbocycles. The maximum absolute atomic E-state index is 12.4. The van der Waals surface area contributed by atoms with Crippen molar-refractivity contribution in [3.63, 3.8) is 0 Å². The van der Waals surface area contributed by atoms with Gasteiger partial charge in [-0.3, -0.25) is 9.59 Å². The number of unbranched alkanes of at least 4 members (excludes halogenated alkanes) is 10. The molecule has 8 nitrogen and oxygen atoms in total. The Labute approximate surface area is 325 Å². The van der Waals surface area contributed by atoms with Gasteiger partial charge in [0.15, 0.2) is 12.4 Å². The highest BCUT2D eigenvalue weighted by atomic mass is 16.7. The standard InChI is InChI=1S/C46H66N2O6/c1-5-7-9-11-13-15-28-48(29-16-14-12-10-8-6-2)33-43-31-44(40-22-20-37(34-49)21-23-40)54-46(53-43)41-26-24-39(25-27-41)42-19-17-18-38(30-42)32-47-45(51)35(3)52-36(4)50/h17-27,30,35,43-44,46,49H,5-16,28-29,31-34H2,1-4H3,(H,47,51)/t35-,43+,44-,46-/m0/s1. The molecule has 1 fully saturated rings. The molecular formula is C46H66N2O6. The van der Waals surface area contributed by atoms with Gasteiger partial charge >= 0.3 is 5.97 Å². The van der Waals surface area contributed by atoms with Crippen molar-refractivity contribution in [3.05, 3.63) is 95.1 Å². The Balaban J connectivity index is 1.46. The van der Waals surface area contributed by atoms with Crippen molar-refractivity contribution < 1.29 is 28.9 Å². The molecule has 1 amide bonds. The van der Waals surface area contributed by atoms with E-state index in [-0.39, 0.29) is 24.7 Å². The third-order valence-electron chi connectivity index (χ3n) is 10.4. The van der Waals surface area contributed by atoms with Crippen LogP contribution in [0.2, 0.25) is 0 Å². The monoisotopic (exact) mass is 742 g/mol. The number of aliphatic hydroxyl groups excluding tert-OH is 1. The zero-order valence-corrected chi connectivity index (χ0v) is 33.4. The third-order valence-corrected chi connectivity index (χ3v) is 10.4. The van der Waals surface area contributed by atoms with Crippen LogP contribution in [0.25, 0.3) is 11.1 Å². The Hall–Kier alpha value is -3.56. The molecule has 0 radical (unpaired) electrons. The summed E-state index contributed by atoms with van der Waals surface area (Å²) in [6.45, 7) is 10.8. The Kier molecular flexibility index (Phi) is 19.2. The Morgan fingerprint density at radius 2 is 1.39 bits per heavy atom. The van der Waals surface area contributed by atoms with E-state index in [1.54, 1.807) is 6.92 Å². The minimum absolute atomic E-state index is 0.0154. The molecule has 3 aromatic rings. The van der Waals surface area contributed by atoms with Crippen molar-refractivity contribution in [2.75, 3.05) is 19.6 Å². The molecule has 54 heavy (non-hydrogen) atoms. The Morgan fingerprint density at radius 1 is 0.778 bits per heavy atom. The van der Waals surface area contributed by atoms with Gasteiger partial charge in [0.25, 0.3) is 5.91 Å². The number of aliphatic hydroxyl groups is 1. The predicted molar refractivity (Wildman–Crippen MR) is 217 cm³/mol. The van der Waals surface area contributed by atoms with Crippen LogP contribution in [0.3, 0.4) is 0 Å². The number of carbonyl (C=O) groups excluding carboxylic acids is 2. The topological polar surface area (TPSA) is 97.3 Å². The average Bonchev–Trinajstić information content (AvgIpc) is 3.19. The predicted octanol–water partition coefficient (Wildman–Crippen LogP) is 9.98. The number of esters is 1. The number of nitrogens with zero attached hydrogens (tertiary/aromatic N) is 1. The highest BCUT2D eigenvalue weighted by molar-refractivity contribution is 5.82. The second kappa shape index (κ2) is 24.1. The number of benzene rings is 3. The van der Waals surface area contributed by atoms with E-state index in [2.05, 4.69) is 72.6 Å². The van der Waals surface area contributed by atoms with Gasteiger partial charge in [-0.1, -0.05) is 145 Å². The van der Waals surface area contributed by atoms with E-state index in [9.17, 15) is 14.7 Å². The van der Waals surface area contributed by atoms with Crippen molar-refractivity contribution in [3.8, 4) is 11.1 Å². The summed E-state index contributed by atoms with van der Waals surface area (Å²) in [6, 6.07) is 24.6. The largest absolute Gasteiger partial charge is 0.453 e. The first-order valence-electron chi connectivity index (χ1n) is 20.7. The van der Waals surface area contributed by atoms with Crippen LogP contribution < -0.4 is 5.32 Å².